The number of nitrogens with one attached hydrogen (secondary N) is 1. The third-order valence-corrected chi connectivity index (χ3v) is 4.12. The van der Waals surface area contributed by atoms with E-state index in [2.05, 4.69) is 5.32 Å². The Morgan fingerprint density at radius 1 is 1.53 bits per heavy atom. The highest BCUT2D eigenvalue weighted by Gasteiger charge is 2.36. The molecule has 106 valence electrons. The summed E-state index contributed by atoms with van der Waals surface area (Å²) in [6, 6.07) is 1.72. The molecule has 4 nitrogen and oxygen atoms in total. The second-order valence-corrected chi connectivity index (χ2v) is 5.37. The van der Waals surface area contributed by atoms with E-state index in [0.717, 1.165) is 26.2 Å². The number of hydrogen-bond acceptors (Lipinski definition) is 3. The molecule has 0 spiro atoms. The Labute approximate surface area is 114 Å². The molecule has 0 bridgehead atoms. The van der Waals surface area contributed by atoms with Crippen LogP contribution in [0.5, 0.6) is 0 Å². The van der Waals surface area contributed by atoms with Gasteiger partial charge in [0, 0.05) is 19.8 Å². The van der Waals surface area contributed by atoms with E-state index >= 15 is 0 Å². The number of ether oxygens (including phenoxy) is 1. The first-order chi connectivity index (χ1) is 9.17. The summed E-state index contributed by atoms with van der Waals surface area (Å²) in [4.78, 5) is 12.0. The predicted octanol–water partition coefficient (Wildman–Crippen LogP) is 2.91. The van der Waals surface area contributed by atoms with Crippen LogP contribution in [-0.4, -0.2) is 25.7 Å². The van der Waals surface area contributed by atoms with Gasteiger partial charge in [-0.3, -0.25) is 4.79 Å². The first-order valence-corrected chi connectivity index (χ1v) is 7.07. The van der Waals surface area contributed by atoms with E-state index in [-0.39, 0.29) is 11.3 Å². The van der Waals surface area contributed by atoms with Crippen LogP contribution < -0.4 is 5.32 Å². The van der Waals surface area contributed by atoms with E-state index in [9.17, 15) is 4.79 Å². The molecule has 0 aliphatic heterocycles. The summed E-state index contributed by atoms with van der Waals surface area (Å²) < 4.78 is 10.6. The molecule has 0 aromatic carbocycles. The van der Waals surface area contributed by atoms with Gasteiger partial charge in [0.1, 0.15) is 5.76 Å². The largest absolute Gasteiger partial charge is 0.469 e. The van der Waals surface area contributed by atoms with Crippen LogP contribution >= 0.6 is 0 Å². The quantitative estimate of drug-likeness (QED) is 0.771. The molecule has 1 aliphatic carbocycles. The second-order valence-electron chi connectivity index (χ2n) is 5.37. The van der Waals surface area contributed by atoms with Gasteiger partial charge in [-0.25, -0.2) is 0 Å². The lowest BCUT2D eigenvalue weighted by molar-refractivity contribution is 0.0513. The van der Waals surface area contributed by atoms with Crippen LogP contribution in [0.1, 0.15) is 48.7 Å². The number of hydrogen-bond donors (Lipinski definition) is 1. The summed E-state index contributed by atoms with van der Waals surface area (Å²) in [5.41, 5.74) is 0.891. The smallest absolute Gasteiger partial charge is 0.254 e. The van der Waals surface area contributed by atoms with Gasteiger partial charge in [0.15, 0.2) is 0 Å². The van der Waals surface area contributed by atoms with Crippen molar-refractivity contribution in [3.05, 3.63) is 23.7 Å². The Bertz CT molecular complexity index is 421. The van der Waals surface area contributed by atoms with Crippen LogP contribution in [0.3, 0.4) is 0 Å². The third-order valence-electron chi connectivity index (χ3n) is 4.12. The molecule has 1 aromatic heterocycles. The van der Waals surface area contributed by atoms with E-state index in [1.807, 2.05) is 13.8 Å². The average Bonchev–Trinajstić information content (AvgIpc) is 2.77. The lowest BCUT2D eigenvalue weighted by atomic mass is 9.66. The van der Waals surface area contributed by atoms with Gasteiger partial charge < -0.3 is 14.5 Å². The van der Waals surface area contributed by atoms with Gasteiger partial charge >= 0.3 is 0 Å². The minimum absolute atomic E-state index is 0.0334. The summed E-state index contributed by atoms with van der Waals surface area (Å²) in [6.07, 6.45) is 6.21. The van der Waals surface area contributed by atoms with E-state index in [1.165, 1.54) is 19.3 Å². The normalized spacial score (nSPS) is 16.9. The third kappa shape index (κ3) is 3.38. The van der Waals surface area contributed by atoms with Crippen molar-refractivity contribution in [2.75, 3.05) is 19.8 Å². The van der Waals surface area contributed by atoms with Gasteiger partial charge in [0.2, 0.25) is 0 Å². The Balaban J connectivity index is 1.83. The topological polar surface area (TPSA) is 51.5 Å². The van der Waals surface area contributed by atoms with Crippen LogP contribution in [0.2, 0.25) is 0 Å². The highest BCUT2D eigenvalue weighted by Crippen LogP contribution is 2.43. The second kappa shape index (κ2) is 6.24. The number of furan rings is 1. The van der Waals surface area contributed by atoms with Crippen LogP contribution in [0.25, 0.3) is 0 Å². The number of aryl methyl sites for hydroxylation is 1. The van der Waals surface area contributed by atoms with Crippen molar-refractivity contribution in [2.45, 2.75) is 39.5 Å². The lowest BCUT2D eigenvalue weighted by Crippen LogP contribution is -2.43. The monoisotopic (exact) mass is 265 g/mol. The Kier molecular flexibility index (Phi) is 4.64. The summed E-state index contributed by atoms with van der Waals surface area (Å²) >= 11 is 0. The zero-order valence-corrected chi connectivity index (χ0v) is 11.8. The molecule has 1 aromatic rings. The Morgan fingerprint density at radius 2 is 2.32 bits per heavy atom. The SMILES string of the molecule is CCOCCC1(CNC(=O)c2ccoc2C)CCC1. The molecule has 0 atom stereocenters. The lowest BCUT2D eigenvalue weighted by Gasteiger charge is -2.42. The van der Waals surface area contributed by atoms with Crippen LogP contribution in [0.15, 0.2) is 16.7 Å². The fourth-order valence-electron chi connectivity index (χ4n) is 2.61. The Hall–Kier alpha value is -1.29. The molecule has 1 amide bonds. The highest BCUT2D eigenvalue weighted by atomic mass is 16.5. The van der Waals surface area contributed by atoms with Gasteiger partial charge in [-0.15, -0.1) is 0 Å². The molecule has 4 heteroatoms. The maximum atomic E-state index is 12.0. The first kappa shape index (κ1) is 14.1. The molecule has 1 saturated carbocycles. The Morgan fingerprint density at radius 3 is 2.84 bits per heavy atom. The van der Waals surface area contributed by atoms with Crippen molar-refractivity contribution in [2.24, 2.45) is 5.41 Å². The van der Waals surface area contributed by atoms with Crippen molar-refractivity contribution >= 4 is 5.91 Å². The van der Waals surface area contributed by atoms with Gasteiger partial charge in [-0.1, -0.05) is 6.42 Å². The van der Waals surface area contributed by atoms with Gasteiger partial charge in [-0.05, 0) is 44.6 Å². The highest BCUT2D eigenvalue weighted by molar-refractivity contribution is 5.95. The molecular weight excluding hydrogens is 242 g/mol. The molecule has 0 unspecified atom stereocenters. The van der Waals surface area contributed by atoms with Crippen LogP contribution in [-0.2, 0) is 4.74 Å². The van der Waals surface area contributed by atoms with Crippen molar-refractivity contribution < 1.29 is 13.9 Å². The maximum Gasteiger partial charge on any atom is 0.254 e. The molecule has 0 radical (unpaired) electrons. The minimum Gasteiger partial charge on any atom is -0.469 e. The number of carbonyl (C=O) groups excluding carboxylic acids is 1. The standard InChI is InChI=1S/C15H23NO3/c1-3-18-10-8-15(6-4-7-15)11-16-14(17)13-5-9-19-12(13)2/h5,9H,3-4,6-8,10-11H2,1-2H3,(H,16,17). The van der Waals surface area contributed by atoms with Crippen molar-refractivity contribution in [1.82, 2.24) is 5.32 Å². The zero-order chi connectivity index (χ0) is 13.7. The number of amides is 1. The predicted molar refractivity (Wildman–Crippen MR) is 73.2 cm³/mol. The fourth-order valence-corrected chi connectivity index (χ4v) is 2.61. The van der Waals surface area contributed by atoms with E-state index < -0.39 is 0 Å². The van der Waals surface area contributed by atoms with E-state index in [1.54, 1.807) is 12.3 Å². The van der Waals surface area contributed by atoms with Crippen LogP contribution in [0, 0.1) is 12.3 Å². The van der Waals surface area contributed by atoms with Crippen molar-refractivity contribution in [1.29, 1.82) is 0 Å². The van der Waals surface area contributed by atoms with Gasteiger partial charge in [-0.2, -0.15) is 0 Å². The van der Waals surface area contributed by atoms with Gasteiger partial charge in [0.25, 0.3) is 5.91 Å². The van der Waals surface area contributed by atoms with E-state index in [4.69, 9.17) is 9.15 Å². The van der Waals surface area contributed by atoms with Crippen molar-refractivity contribution in [3.63, 3.8) is 0 Å². The number of rotatable bonds is 7. The van der Waals surface area contributed by atoms with Crippen LogP contribution in [0.4, 0.5) is 0 Å². The molecule has 2 rings (SSSR count). The molecule has 1 N–H and O–H groups in total. The molecule has 1 aliphatic rings. The molecule has 1 fully saturated rings. The molecule has 0 saturated heterocycles. The molecule has 19 heavy (non-hydrogen) atoms. The summed E-state index contributed by atoms with van der Waals surface area (Å²) in [6.45, 7) is 6.11. The van der Waals surface area contributed by atoms with Gasteiger partial charge in [0.05, 0.1) is 11.8 Å². The zero-order valence-electron chi connectivity index (χ0n) is 11.8. The molecular formula is C15H23NO3. The van der Waals surface area contributed by atoms with Crippen molar-refractivity contribution in [3.8, 4) is 0 Å². The average molecular weight is 265 g/mol. The first-order valence-electron chi connectivity index (χ1n) is 7.07. The van der Waals surface area contributed by atoms with E-state index in [0.29, 0.717) is 11.3 Å². The fraction of sp³-hybridized carbons (Fsp3) is 0.667. The summed E-state index contributed by atoms with van der Waals surface area (Å²) in [5, 5.41) is 3.04. The minimum atomic E-state index is -0.0334. The summed E-state index contributed by atoms with van der Waals surface area (Å²) in [5.74, 6) is 0.642. The summed E-state index contributed by atoms with van der Waals surface area (Å²) in [7, 11) is 0. The number of carbonyl (C=O) groups is 1. The maximum absolute atomic E-state index is 12.0. The molecule has 1 heterocycles.